The van der Waals surface area contributed by atoms with E-state index in [0.717, 1.165) is 81.7 Å². The number of aromatic nitrogens is 8. The summed E-state index contributed by atoms with van der Waals surface area (Å²) in [6, 6.07) is 8.48. The molecule has 4 aromatic heterocycles. The Balaban J connectivity index is 1.31. The van der Waals surface area contributed by atoms with Crippen molar-refractivity contribution in [2.75, 3.05) is 0 Å². The molecule has 0 fully saturated rings. The van der Waals surface area contributed by atoms with Gasteiger partial charge in [-0.15, -0.1) is 20.4 Å². The molecule has 0 bridgehead atoms. The Morgan fingerprint density at radius 1 is 0.583 bits per heavy atom. The van der Waals surface area contributed by atoms with Crippen molar-refractivity contribution >= 4 is 87.2 Å². The normalized spacial score (nSPS) is 12.4. The van der Waals surface area contributed by atoms with E-state index in [1.54, 1.807) is 0 Å². The van der Waals surface area contributed by atoms with Crippen LogP contribution in [0.5, 0.6) is 0 Å². The van der Waals surface area contributed by atoms with Gasteiger partial charge in [0.1, 0.15) is 22.1 Å². The zero-order valence-corrected chi connectivity index (χ0v) is 20.6. The summed E-state index contributed by atoms with van der Waals surface area (Å²) in [4.78, 5) is 0. The van der Waals surface area contributed by atoms with Crippen LogP contribution in [-0.2, 0) is 12.8 Å². The monoisotopic (exact) mass is 510 g/mol. The van der Waals surface area contributed by atoms with Gasteiger partial charge >= 0.3 is 0 Å². The topological polar surface area (TPSA) is 129 Å². The van der Waals surface area contributed by atoms with E-state index in [1.807, 2.05) is 13.0 Å². The average molecular weight is 511 g/mol. The SMILES string of the molecule is Cc1cc2c(cc(CCc3cc4c(cc(C)c5nnsc54)c4snnc34)c3nnoc32)c2onnc12. The molecule has 174 valence electrons. The number of hydrogen-bond donors (Lipinski definition) is 0. The summed E-state index contributed by atoms with van der Waals surface area (Å²) < 4.78 is 21.8. The lowest BCUT2D eigenvalue weighted by molar-refractivity contribution is 0.424. The molecule has 0 saturated carbocycles. The summed E-state index contributed by atoms with van der Waals surface area (Å²) in [6.45, 7) is 4.04. The van der Waals surface area contributed by atoms with Crippen LogP contribution in [0.25, 0.3) is 64.2 Å². The van der Waals surface area contributed by atoms with Gasteiger partial charge in [-0.05, 0) is 96.3 Å². The third-order valence-corrected chi connectivity index (χ3v) is 8.41. The van der Waals surface area contributed by atoms with Crippen molar-refractivity contribution in [3.8, 4) is 0 Å². The second-order valence-electron chi connectivity index (χ2n) is 8.95. The van der Waals surface area contributed by atoms with Crippen LogP contribution in [0.15, 0.2) is 33.3 Å². The van der Waals surface area contributed by atoms with Gasteiger partial charge in [0.25, 0.3) is 0 Å². The van der Waals surface area contributed by atoms with E-state index < -0.39 is 0 Å². The Labute approximate surface area is 209 Å². The van der Waals surface area contributed by atoms with Crippen molar-refractivity contribution in [1.82, 2.24) is 39.9 Å². The van der Waals surface area contributed by atoms with Crippen molar-refractivity contribution in [1.29, 1.82) is 0 Å². The molecule has 4 aromatic carbocycles. The van der Waals surface area contributed by atoms with Gasteiger partial charge in [0.2, 0.25) is 0 Å². The van der Waals surface area contributed by atoms with Gasteiger partial charge in [-0.25, -0.2) is 0 Å². The Morgan fingerprint density at radius 2 is 1.11 bits per heavy atom. The minimum absolute atomic E-state index is 0.635. The first-order chi connectivity index (χ1) is 17.7. The standard InChI is InChI=1S/C24H14N8O2S2/c1-9-5-13-14(21-17(9)25-29-33-21)7-11(19-22(13)34-30-26-19)3-4-12-8-16-15(24-20(12)28-32-36-24)6-10(2)18-23(16)35-31-27-18/h5-8H,3-4H2,1-2H3. The number of nitrogens with zero attached hydrogens (tertiary/aromatic N) is 8. The molecule has 4 heterocycles. The van der Waals surface area contributed by atoms with E-state index in [1.165, 1.54) is 23.1 Å². The molecule has 0 aliphatic carbocycles. The van der Waals surface area contributed by atoms with Gasteiger partial charge in [-0.1, -0.05) is 8.98 Å². The zero-order chi connectivity index (χ0) is 24.0. The maximum Gasteiger partial charge on any atom is 0.195 e. The summed E-state index contributed by atoms with van der Waals surface area (Å²) in [5.74, 6) is 0. The van der Waals surface area contributed by atoms with E-state index in [0.29, 0.717) is 17.6 Å². The fourth-order valence-corrected chi connectivity index (χ4v) is 6.66. The third-order valence-electron chi connectivity index (χ3n) is 6.89. The molecule has 0 spiro atoms. The van der Waals surface area contributed by atoms with Crippen LogP contribution in [0.4, 0.5) is 0 Å². The molecular formula is C24H14N8O2S2. The fourth-order valence-electron chi connectivity index (χ4n) is 5.17. The van der Waals surface area contributed by atoms with E-state index in [-0.39, 0.29) is 0 Å². The van der Waals surface area contributed by atoms with Gasteiger partial charge in [-0.3, -0.25) is 0 Å². The first-order valence-corrected chi connectivity index (χ1v) is 12.8. The molecule has 8 aromatic rings. The molecule has 0 aliphatic rings. The molecule has 0 aliphatic heterocycles. The summed E-state index contributed by atoms with van der Waals surface area (Å²) in [5, 5.41) is 29.0. The predicted molar refractivity (Wildman–Crippen MR) is 137 cm³/mol. The summed E-state index contributed by atoms with van der Waals surface area (Å²) in [5.41, 5.74) is 8.81. The number of rotatable bonds is 3. The highest BCUT2D eigenvalue weighted by Gasteiger charge is 2.20. The van der Waals surface area contributed by atoms with E-state index in [9.17, 15) is 0 Å². The first-order valence-electron chi connectivity index (χ1n) is 11.3. The van der Waals surface area contributed by atoms with Crippen molar-refractivity contribution in [2.24, 2.45) is 0 Å². The number of fused-ring (bicyclic) bond motifs is 10. The van der Waals surface area contributed by atoms with Gasteiger partial charge < -0.3 is 9.05 Å². The highest BCUT2D eigenvalue weighted by atomic mass is 32.1. The Hall–Kier alpha value is -4.16. The highest BCUT2D eigenvalue weighted by Crippen LogP contribution is 2.38. The largest absolute Gasteiger partial charge is 0.336 e. The predicted octanol–water partition coefficient (Wildman–Crippen LogP) is 5.48. The lowest BCUT2D eigenvalue weighted by Crippen LogP contribution is -1.96. The Morgan fingerprint density at radius 3 is 1.92 bits per heavy atom. The molecule has 0 amide bonds. The Kier molecular flexibility index (Phi) is 4.00. The van der Waals surface area contributed by atoms with E-state index >= 15 is 0 Å². The molecule has 0 saturated heterocycles. The van der Waals surface area contributed by atoms with E-state index in [2.05, 4.69) is 65.0 Å². The minimum atomic E-state index is 0.635. The van der Waals surface area contributed by atoms with Gasteiger partial charge in [-0.2, -0.15) is 0 Å². The smallest absolute Gasteiger partial charge is 0.195 e. The summed E-state index contributed by atoms with van der Waals surface area (Å²) >= 11 is 2.84. The van der Waals surface area contributed by atoms with Crippen LogP contribution < -0.4 is 0 Å². The summed E-state index contributed by atoms with van der Waals surface area (Å²) in [6.07, 6.45) is 1.43. The van der Waals surface area contributed by atoms with Gasteiger partial charge in [0, 0.05) is 32.1 Å². The van der Waals surface area contributed by atoms with Crippen molar-refractivity contribution in [3.05, 3.63) is 46.5 Å². The quantitative estimate of drug-likeness (QED) is 0.301. The van der Waals surface area contributed by atoms with Gasteiger partial charge in [0.15, 0.2) is 11.2 Å². The van der Waals surface area contributed by atoms with Crippen LogP contribution in [0, 0.1) is 13.8 Å². The maximum absolute atomic E-state index is 5.59. The van der Waals surface area contributed by atoms with Gasteiger partial charge in [0.05, 0.1) is 9.40 Å². The highest BCUT2D eigenvalue weighted by molar-refractivity contribution is 7.15. The molecule has 10 nitrogen and oxygen atoms in total. The Bertz CT molecular complexity index is 2000. The van der Waals surface area contributed by atoms with Crippen LogP contribution >= 0.6 is 23.1 Å². The maximum atomic E-state index is 5.59. The van der Waals surface area contributed by atoms with Crippen molar-refractivity contribution < 1.29 is 9.05 Å². The molecule has 0 unspecified atom stereocenters. The summed E-state index contributed by atoms with van der Waals surface area (Å²) in [7, 11) is 0. The van der Waals surface area contributed by atoms with E-state index in [4.69, 9.17) is 9.05 Å². The lowest BCUT2D eigenvalue weighted by atomic mass is 9.96. The average Bonchev–Trinajstić information content (AvgIpc) is 3.67. The molecule has 8 rings (SSSR count). The molecule has 0 atom stereocenters. The second-order valence-corrected chi connectivity index (χ2v) is 10.5. The zero-order valence-electron chi connectivity index (χ0n) is 18.9. The van der Waals surface area contributed by atoms with Crippen LogP contribution in [0.1, 0.15) is 22.3 Å². The lowest BCUT2D eigenvalue weighted by Gasteiger charge is -2.09. The molecular weight excluding hydrogens is 496 g/mol. The minimum Gasteiger partial charge on any atom is -0.336 e. The molecule has 0 N–H and O–H groups in total. The van der Waals surface area contributed by atoms with Crippen LogP contribution in [0.2, 0.25) is 0 Å². The first kappa shape index (κ1) is 20.1. The number of aryl methyl sites for hydroxylation is 4. The second kappa shape index (κ2) is 7.18. The molecule has 0 radical (unpaired) electrons. The number of hydrogen-bond acceptors (Lipinski definition) is 12. The fraction of sp³-hybridized carbons (Fsp3) is 0.167. The number of benzene rings is 4. The van der Waals surface area contributed by atoms with Crippen molar-refractivity contribution in [3.63, 3.8) is 0 Å². The molecule has 36 heavy (non-hydrogen) atoms. The van der Waals surface area contributed by atoms with Crippen molar-refractivity contribution in [2.45, 2.75) is 26.7 Å². The van der Waals surface area contributed by atoms with Crippen LogP contribution in [-0.4, -0.2) is 39.9 Å². The third kappa shape index (κ3) is 2.65. The molecule has 12 heteroatoms. The van der Waals surface area contributed by atoms with Crippen LogP contribution in [0.3, 0.4) is 0 Å².